The molecular weight excluding hydrogens is 237 g/mol. The Bertz CT molecular complexity index is 409. The van der Waals surface area contributed by atoms with Crippen LogP contribution in [0.1, 0.15) is 25.3 Å². The van der Waals surface area contributed by atoms with Crippen LogP contribution in [0.25, 0.3) is 0 Å². The van der Waals surface area contributed by atoms with Crippen molar-refractivity contribution in [3.05, 3.63) is 29.6 Å². The summed E-state index contributed by atoms with van der Waals surface area (Å²) >= 11 is 0. The Kier molecular flexibility index (Phi) is 5.58. The van der Waals surface area contributed by atoms with Gasteiger partial charge in [-0.2, -0.15) is 0 Å². The third kappa shape index (κ3) is 4.00. The van der Waals surface area contributed by atoms with Crippen LogP contribution < -0.4 is 10.5 Å². The lowest BCUT2D eigenvalue weighted by Gasteiger charge is -2.15. The van der Waals surface area contributed by atoms with Gasteiger partial charge < -0.3 is 15.6 Å². The van der Waals surface area contributed by atoms with E-state index in [4.69, 9.17) is 15.6 Å². The molecule has 0 aliphatic carbocycles. The average molecular weight is 255 g/mol. The van der Waals surface area contributed by atoms with Crippen LogP contribution >= 0.6 is 0 Å². The molecule has 5 heteroatoms. The van der Waals surface area contributed by atoms with E-state index in [-0.39, 0.29) is 5.75 Å². The zero-order valence-electron chi connectivity index (χ0n) is 10.4. The molecule has 0 aromatic heterocycles. The third-order valence-corrected chi connectivity index (χ3v) is 2.52. The van der Waals surface area contributed by atoms with Crippen molar-refractivity contribution in [3.8, 4) is 5.75 Å². The van der Waals surface area contributed by atoms with Crippen LogP contribution in [0.4, 0.5) is 4.39 Å². The van der Waals surface area contributed by atoms with Gasteiger partial charge >= 0.3 is 5.97 Å². The van der Waals surface area contributed by atoms with Crippen LogP contribution in [0.2, 0.25) is 0 Å². The molecule has 0 bridgehead atoms. The van der Waals surface area contributed by atoms with E-state index in [0.717, 1.165) is 5.56 Å². The number of halogens is 1. The average Bonchev–Trinajstić information content (AvgIpc) is 2.31. The molecule has 100 valence electrons. The maximum atomic E-state index is 13.7. The molecule has 0 radical (unpaired) electrons. The molecule has 0 aliphatic heterocycles. The maximum Gasteiger partial charge on any atom is 0.344 e. The summed E-state index contributed by atoms with van der Waals surface area (Å²) < 4.78 is 18.9. The Hall–Kier alpha value is -1.62. The van der Waals surface area contributed by atoms with Crippen molar-refractivity contribution >= 4 is 5.97 Å². The fourth-order valence-corrected chi connectivity index (χ4v) is 1.61. The van der Waals surface area contributed by atoms with Crippen LogP contribution in [0.3, 0.4) is 0 Å². The molecule has 0 spiro atoms. The lowest BCUT2D eigenvalue weighted by Crippen LogP contribution is -2.27. The summed E-state index contributed by atoms with van der Waals surface area (Å²) in [5.74, 6) is -1.66. The lowest BCUT2D eigenvalue weighted by molar-refractivity contribution is -0.145. The molecule has 0 saturated carbocycles. The molecule has 1 rings (SSSR count). The van der Waals surface area contributed by atoms with Gasteiger partial charge in [-0.25, -0.2) is 9.18 Å². The van der Waals surface area contributed by atoms with Gasteiger partial charge in [-0.3, -0.25) is 0 Å². The summed E-state index contributed by atoms with van der Waals surface area (Å²) in [5, 5.41) is 8.93. The van der Waals surface area contributed by atoms with Gasteiger partial charge in [0.2, 0.25) is 0 Å². The number of carboxylic acids is 1. The number of nitrogens with two attached hydrogens (primary N) is 1. The van der Waals surface area contributed by atoms with Gasteiger partial charge in [0, 0.05) is 0 Å². The molecule has 0 amide bonds. The molecule has 0 heterocycles. The van der Waals surface area contributed by atoms with Crippen molar-refractivity contribution in [2.24, 2.45) is 5.73 Å². The predicted molar refractivity (Wildman–Crippen MR) is 66.1 cm³/mol. The van der Waals surface area contributed by atoms with E-state index >= 15 is 0 Å². The zero-order valence-corrected chi connectivity index (χ0v) is 10.4. The molecule has 4 nitrogen and oxygen atoms in total. The summed E-state index contributed by atoms with van der Waals surface area (Å²) in [6, 6.07) is 4.47. The van der Waals surface area contributed by atoms with Crippen LogP contribution in [0.15, 0.2) is 18.2 Å². The second-order valence-corrected chi connectivity index (χ2v) is 4.04. The van der Waals surface area contributed by atoms with Crippen molar-refractivity contribution < 1.29 is 19.0 Å². The quantitative estimate of drug-likeness (QED) is 0.781. The van der Waals surface area contributed by atoms with Crippen molar-refractivity contribution in [1.82, 2.24) is 0 Å². The first-order valence-electron chi connectivity index (χ1n) is 5.96. The molecular formula is C13H18FNO3. The molecule has 18 heavy (non-hydrogen) atoms. The number of ether oxygens (including phenoxy) is 1. The largest absolute Gasteiger partial charge is 0.479 e. The molecule has 0 saturated heterocycles. The molecule has 0 fully saturated rings. The van der Waals surface area contributed by atoms with Crippen LogP contribution in [0, 0.1) is 5.82 Å². The summed E-state index contributed by atoms with van der Waals surface area (Å²) in [6.45, 7) is 2.28. The van der Waals surface area contributed by atoms with Crippen molar-refractivity contribution in [3.63, 3.8) is 0 Å². The highest BCUT2D eigenvalue weighted by atomic mass is 19.1. The van der Waals surface area contributed by atoms with Crippen LogP contribution in [0.5, 0.6) is 5.75 Å². The van der Waals surface area contributed by atoms with E-state index in [1.807, 2.05) is 6.92 Å². The second kappa shape index (κ2) is 6.96. The fraction of sp³-hybridized carbons (Fsp3) is 0.462. The zero-order chi connectivity index (χ0) is 13.5. The topological polar surface area (TPSA) is 72.5 Å². The molecule has 1 aromatic rings. The number of aliphatic carboxylic acids is 1. The van der Waals surface area contributed by atoms with Gasteiger partial charge in [0.15, 0.2) is 17.7 Å². The van der Waals surface area contributed by atoms with E-state index in [9.17, 15) is 9.18 Å². The Morgan fingerprint density at radius 3 is 2.78 bits per heavy atom. The van der Waals surface area contributed by atoms with Gasteiger partial charge in [-0.1, -0.05) is 19.4 Å². The molecule has 1 aromatic carbocycles. The highest BCUT2D eigenvalue weighted by Crippen LogP contribution is 2.21. The second-order valence-electron chi connectivity index (χ2n) is 4.04. The van der Waals surface area contributed by atoms with E-state index < -0.39 is 17.9 Å². The van der Waals surface area contributed by atoms with Gasteiger partial charge in [-0.05, 0) is 37.1 Å². The number of rotatable bonds is 7. The van der Waals surface area contributed by atoms with Gasteiger partial charge in [0.25, 0.3) is 0 Å². The Morgan fingerprint density at radius 1 is 1.56 bits per heavy atom. The number of hydrogen-bond donors (Lipinski definition) is 2. The van der Waals surface area contributed by atoms with Crippen LogP contribution in [-0.4, -0.2) is 23.7 Å². The minimum Gasteiger partial charge on any atom is -0.479 e. The van der Waals surface area contributed by atoms with E-state index in [0.29, 0.717) is 25.8 Å². The van der Waals surface area contributed by atoms with Crippen molar-refractivity contribution in [1.29, 1.82) is 0 Å². The highest BCUT2D eigenvalue weighted by Gasteiger charge is 2.19. The molecule has 0 aliphatic rings. The van der Waals surface area contributed by atoms with Crippen molar-refractivity contribution in [2.45, 2.75) is 32.3 Å². The predicted octanol–water partition coefficient (Wildman–Crippen LogP) is 1.96. The SMILES string of the molecule is CCCC(Oc1ccc(CCN)cc1F)C(=O)O. The third-order valence-electron chi connectivity index (χ3n) is 2.52. The summed E-state index contributed by atoms with van der Waals surface area (Å²) in [4.78, 5) is 10.9. The molecule has 1 unspecified atom stereocenters. The fourth-order valence-electron chi connectivity index (χ4n) is 1.61. The Labute approximate surface area is 106 Å². The first-order valence-corrected chi connectivity index (χ1v) is 5.96. The lowest BCUT2D eigenvalue weighted by atomic mass is 10.1. The normalized spacial score (nSPS) is 12.2. The summed E-state index contributed by atoms with van der Waals surface area (Å²) in [6.07, 6.45) is 0.572. The van der Waals surface area contributed by atoms with E-state index in [2.05, 4.69) is 0 Å². The van der Waals surface area contributed by atoms with Gasteiger partial charge in [0.05, 0.1) is 0 Å². The molecule has 1 atom stereocenters. The minimum absolute atomic E-state index is 0.0309. The van der Waals surface area contributed by atoms with E-state index in [1.165, 1.54) is 12.1 Å². The first-order chi connectivity index (χ1) is 8.58. The standard InChI is InChI=1S/C13H18FNO3/c1-2-3-12(13(16)17)18-11-5-4-9(6-7-15)8-10(11)14/h4-5,8,12H,2-3,6-7,15H2,1H3,(H,16,17). The van der Waals surface area contributed by atoms with Crippen molar-refractivity contribution in [2.75, 3.05) is 6.54 Å². The minimum atomic E-state index is -1.08. The Morgan fingerprint density at radius 2 is 2.28 bits per heavy atom. The number of benzene rings is 1. The number of carbonyl (C=O) groups is 1. The Balaban J connectivity index is 2.80. The van der Waals surface area contributed by atoms with E-state index in [1.54, 1.807) is 6.07 Å². The van der Waals surface area contributed by atoms with Crippen LogP contribution in [-0.2, 0) is 11.2 Å². The number of carboxylic acid groups (broad SMARTS) is 1. The monoisotopic (exact) mass is 255 g/mol. The summed E-state index contributed by atoms with van der Waals surface area (Å²) in [7, 11) is 0. The first kappa shape index (κ1) is 14.4. The molecule has 3 N–H and O–H groups in total. The maximum absolute atomic E-state index is 13.7. The van der Waals surface area contributed by atoms with Gasteiger partial charge in [-0.15, -0.1) is 0 Å². The summed E-state index contributed by atoms with van der Waals surface area (Å²) in [5.41, 5.74) is 6.15. The van der Waals surface area contributed by atoms with Gasteiger partial charge in [0.1, 0.15) is 0 Å². The number of hydrogen-bond acceptors (Lipinski definition) is 3. The highest BCUT2D eigenvalue weighted by molar-refractivity contribution is 5.72. The smallest absolute Gasteiger partial charge is 0.344 e.